The Hall–Kier alpha value is -2.34. The van der Waals surface area contributed by atoms with Gasteiger partial charge in [0.2, 0.25) is 0 Å². The molecule has 0 heterocycles. The van der Waals surface area contributed by atoms with Crippen molar-refractivity contribution in [2.24, 2.45) is 0 Å². The lowest BCUT2D eigenvalue weighted by molar-refractivity contribution is 0.981. The molecule has 0 spiro atoms. The zero-order valence-electron chi connectivity index (χ0n) is 13.3. The van der Waals surface area contributed by atoms with Gasteiger partial charge < -0.3 is 0 Å². The molecule has 0 amide bonds. The third kappa shape index (κ3) is 3.28. The second kappa shape index (κ2) is 6.62. The van der Waals surface area contributed by atoms with Gasteiger partial charge in [-0.2, -0.15) is 0 Å². The van der Waals surface area contributed by atoms with Crippen molar-refractivity contribution in [1.82, 2.24) is 0 Å². The molecule has 3 aromatic rings. The minimum atomic E-state index is 1.20. The summed E-state index contributed by atoms with van der Waals surface area (Å²) in [6, 6.07) is 21.5. The first kappa shape index (κ1) is 14.6. The number of benzene rings is 3. The maximum Gasteiger partial charge on any atom is -0.0181 e. The van der Waals surface area contributed by atoms with E-state index in [1.54, 1.807) is 0 Å². The molecule has 3 aromatic carbocycles. The molecule has 0 aromatic heterocycles. The predicted octanol–water partition coefficient (Wildman–Crippen LogP) is 6.10. The third-order valence-corrected chi connectivity index (χ3v) is 4.18. The van der Waals surface area contributed by atoms with Crippen LogP contribution in [0.3, 0.4) is 0 Å². The van der Waals surface area contributed by atoms with E-state index in [0.29, 0.717) is 0 Å². The highest BCUT2D eigenvalue weighted by Gasteiger charge is 2.04. The number of rotatable bonds is 0. The summed E-state index contributed by atoms with van der Waals surface area (Å²) in [6.45, 7) is 4.29. The monoisotopic (exact) mass is 286 g/mol. The Balaban J connectivity index is 0.000000131. The van der Waals surface area contributed by atoms with Crippen molar-refractivity contribution in [2.45, 2.75) is 26.7 Å². The van der Waals surface area contributed by atoms with Crippen LogP contribution in [0.15, 0.2) is 66.7 Å². The van der Waals surface area contributed by atoms with Crippen molar-refractivity contribution >= 4 is 16.8 Å². The highest BCUT2D eigenvalue weighted by Crippen LogP contribution is 2.21. The molecule has 4 rings (SSSR count). The Labute approximate surface area is 133 Å². The summed E-state index contributed by atoms with van der Waals surface area (Å²) in [5.74, 6) is 0. The number of fused-ring (bicyclic) bond motifs is 2. The van der Waals surface area contributed by atoms with Crippen LogP contribution in [-0.4, -0.2) is 0 Å². The van der Waals surface area contributed by atoms with Crippen molar-refractivity contribution in [3.63, 3.8) is 0 Å². The lowest BCUT2D eigenvalue weighted by atomic mass is 9.94. The Bertz CT molecular complexity index is 809. The minimum Gasteiger partial charge on any atom is -0.0836 e. The molecule has 0 atom stereocenters. The van der Waals surface area contributed by atoms with E-state index in [2.05, 4.69) is 86.7 Å². The molecule has 0 aliphatic heterocycles. The fraction of sp³-hybridized carbons (Fsp3) is 0.182. The SMILES string of the molecule is Cc1ccc2ccccc2c1.Cc1cccc2c1C=CCC2. The largest absolute Gasteiger partial charge is 0.0836 e. The number of hydrogen-bond acceptors (Lipinski definition) is 0. The summed E-state index contributed by atoms with van der Waals surface area (Å²) in [5.41, 5.74) is 5.67. The van der Waals surface area contributed by atoms with Crippen molar-refractivity contribution < 1.29 is 0 Å². The molecule has 1 aliphatic carbocycles. The van der Waals surface area contributed by atoms with Gasteiger partial charge >= 0.3 is 0 Å². The summed E-state index contributed by atoms with van der Waals surface area (Å²) in [6.07, 6.45) is 6.92. The van der Waals surface area contributed by atoms with Gasteiger partial charge in [-0.3, -0.25) is 0 Å². The molecule has 0 fully saturated rings. The summed E-state index contributed by atoms with van der Waals surface area (Å²) in [4.78, 5) is 0. The van der Waals surface area contributed by atoms with E-state index in [1.165, 1.54) is 45.9 Å². The Morgan fingerprint density at radius 1 is 0.773 bits per heavy atom. The van der Waals surface area contributed by atoms with Crippen LogP contribution >= 0.6 is 0 Å². The summed E-state index contributed by atoms with van der Waals surface area (Å²) >= 11 is 0. The van der Waals surface area contributed by atoms with Crippen LogP contribution in [0.5, 0.6) is 0 Å². The lowest BCUT2D eigenvalue weighted by Crippen LogP contribution is -1.95. The van der Waals surface area contributed by atoms with Gasteiger partial charge in [-0.15, -0.1) is 0 Å². The molecule has 0 bridgehead atoms. The van der Waals surface area contributed by atoms with Crippen LogP contribution < -0.4 is 0 Å². The minimum absolute atomic E-state index is 1.20. The predicted molar refractivity (Wildman–Crippen MR) is 97.2 cm³/mol. The zero-order valence-corrected chi connectivity index (χ0v) is 13.3. The third-order valence-electron chi connectivity index (χ3n) is 4.18. The van der Waals surface area contributed by atoms with E-state index in [-0.39, 0.29) is 0 Å². The molecular weight excluding hydrogens is 264 g/mol. The molecule has 22 heavy (non-hydrogen) atoms. The highest BCUT2D eigenvalue weighted by atomic mass is 14.1. The Kier molecular flexibility index (Phi) is 4.39. The fourth-order valence-electron chi connectivity index (χ4n) is 2.95. The maximum absolute atomic E-state index is 2.26. The van der Waals surface area contributed by atoms with Crippen molar-refractivity contribution in [3.05, 3.63) is 89.0 Å². The molecule has 0 nitrogen and oxygen atoms in total. The van der Waals surface area contributed by atoms with Gasteiger partial charge in [0.15, 0.2) is 0 Å². The van der Waals surface area contributed by atoms with Gasteiger partial charge in [0, 0.05) is 0 Å². The highest BCUT2D eigenvalue weighted by molar-refractivity contribution is 5.82. The van der Waals surface area contributed by atoms with Crippen molar-refractivity contribution in [1.29, 1.82) is 0 Å². The molecule has 110 valence electrons. The number of aryl methyl sites for hydroxylation is 3. The van der Waals surface area contributed by atoms with E-state index in [9.17, 15) is 0 Å². The first-order valence-corrected chi connectivity index (χ1v) is 7.94. The van der Waals surface area contributed by atoms with Gasteiger partial charge in [-0.25, -0.2) is 0 Å². The molecule has 0 saturated heterocycles. The van der Waals surface area contributed by atoms with E-state index in [0.717, 1.165) is 0 Å². The maximum atomic E-state index is 2.26. The van der Waals surface area contributed by atoms with Crippen LogP contribution in [0, 0.1) is 13.8 Å². The van der Waals surface area contributed by atoms with E-state index >= 15 is 0 Å². The van der Waals surface area contributed by atoms with Gasteiger partial charge in [0.1, 0.15) is 0 Å². The molecular formula is C22H22. The first-order valence-electron chi connectivity index (χ1n) is 7.94. The van der Waals surface area contributed by atoms with Gasteiger partial charge in [-0.05, 0) is 54.2 Å². The number of hydrogen-bond donors (Lipinski definition) is 0. The Morgan fingerprint density at radius 2 is 1.59 bits per heavy atom. The van der Waals surface area contributed by atoms with Gasteiger partial charge in [-0.1, -0.05) is 78.4 Å². The second-order valence-electron chi connectivity index (χ2n) is 5.94. The topological polar surface area (TPSA) is 0 Å². The fourth-order valence-corrected chi connectivity index (χ4v) is 2.95. The van der Waals surface area contributed by atoms with Crippen LogP contribution in [0.2, 0.25) is 0 Å². The van der Waals surface area contributed by atoms with E-state index in [1.807, 2.05) is 0 Å². The van der Waals surface area contributed by atoms with Gasteiger partial charge in [0.05, 0.1) is 0 Å². The van der Waals surface area contributed by atoms with Crippen molar-refractivity contribution in [3.8, 4) is 0 Å². The molecule has 0 N–H and O–H groups in total. The normalized spacial score (nSPS) is 12.5. The quantitative estimate of drug-likeness (QED) is 0.468. The molecule has 0 heteroatoms. The average Bonchev–Trinajstić information content (AvgIpc) is 2.56. The van der Waals surface area contributed by atoms with E-state index < -0.39 is 0 Å². The summed E-state index contributed by atoms with van der Waals surface area (Å²) in [5, 5.41) is 2.64. The number of allylic oxidation sites excluding steroid dienone is 1. The zero-order chi connectivity index (χ0) is 15.4. The van der Waals surface area contributed by atoms with Crippen LogP contribution in [0.25, 0.3) is 16.8 Å². The standard InChI is InChI=1S/C11H12.C11H10/c1-9-5-4-7-10-6-2-3-8-11(9)10;1-9-6-7-10-4-2-3-5-11(10)8-9/h3-5,7-8H,2,6H2,1H3;2-8H,1H3. The lowest BCUT2D eigenvalue weighted by Gasteiger charge is -2.11. The molecule has 1 aliphatic rings. The van der Waals surface area contributed by atoms with E-state index in [4.69, 9.17) is 0 Å². The smallest absolute Gasteiger partial charge is 0.0181 e. The average molecular weight is 286 g/mol. The summed E-state index contributed by atoms with van der Waals surface area (Å²) < 4.78 is 0. The van der Waals surface area contributed by atoms with Crippen LogP contribution in [0.4, 0.5) is 0 Å². The molecule has 0 radical (unpaired) electrons. The second-order valence-corrected chi connectivity index (χ2v) is 5.94. The van der Waals surface area contributed by atoms with Crippen LogP contribution in [-0.2, 0) is 6.42 Å². The summed E-state index contributed by atoms with van der Waals surface area (Å²) in [7, 11) is 0. The Morgan fingerprint density at radius 3 is 2.41 bits per heavy atom. The van der Waals surface area contributed by atoms with Crippen LogP contribution in [0.1, 0.15) is 28.7 Å². The van der Waals surface area contributed by atoms with Gasteiger partial charge in [0.25, 0.3) is 0 Å². The first-order chi connectivity index (χ1) is 10.7. The molecule has 0 saturated carbocycles. The van der Waals surface area contributed by atoms with Crippen molar-refractivity contribution in [2.75, 3.05) is 0 Å². The molecule has 0 unspecified atom stereocenters.